The lowest BCUT2D eigenvalue weighted by Crippen LogP contribution is -2.49. The molecule has 2 fully saturated rings. The van der Waals surface area contributed by atoms with Gasteiger partial charge in [0, 0.05) is 24.3 Å². The van der Waals surface area contributed by atoms with E-state index >= 15 is 0 Å². The van der Waals surface area contributed by atoms with Gasteiger partial charge in [-0.05, 0) is 39.0 Å². The van der Waals surface area contributed by atoms with Crippen LogP contribution in [-0.4, -0.2) is 52.0 Å². The molecule has 1 aliphatic heterocycles. The van der Waals surface area contributed by atoms with Gasteiger partial charge in [-0.1, -0.05) is 44.9 Å². The standard InChI is InChI=1S/C20H34N4O3S.ClH/c1-13(2)12-16(21-18(26)15-8-6-5-7-9-15)17(25)19(27)22-23-20-24(14(3)4)10-11-28-20;/h13-16H,5-12H2,1-4H3,(H,21,26)(H,22,27);1H/t16-;/m0./s1. The van der Waals surface area contributed by atoms with Crippen molar-refractivity contribution in [2.45, 2.75) is 78.3 Å². The molecule has 1 heterocycles. The number of Topliss-reactive ketones (excluding diaryl/α,β-unsaturated/α-hetero) is 1. The maximum absolute atomic E-state index is 12.7. The second kappa shape index (κ2) is 12.4. The second-order valence-corrected chi connectivity index (χ2v) is 9.42. The number of ketones is 1. The summed E-state index contributed by atoms with van der Waals surface area (Å²) in [4.78, 5) is 39.8. The molecular weight excluding hydrogens is 412 g/mol. The molecule has 1 saturated heterocycles. The largest absolute Gasteiger partial charge is 0.347 e. The Labute approximate surface area is 184 Å². The molecule has 2 N–H and O–H groups in total. The number of halogens is 1. The predicted molar refractivity (Wildman–Crippen MR) is 120 cm³/mol. The maximum Gasteiger partial charge on any atom is 0.309 e. The van der Waals surface area contributed by atoms with E-state index < -0.39 is 17.7 Å². The van der Waals surface area contributed by atoms with Crippen molar-refractivity contribution < 1.29 is 14.4 Å². The third-order valence-corrected chi connectivity index (χ3v) is 6.20. The molecule has 0 spiro atoms. The summed E-state index contributed by atoms with van der Waals surface area (Å²) in [6.45, 7) is 8.95. The van der Waals surface area contributed by atoms with Crippen LogP contribution < -0.4 is 10.7 Å². The van der Waals surface area contributed by atoms with Gasteiger partial charge in [0.2, 0.25) is 11.7 Å². The minimum atomic E-state index is -0.799. The molecule has 9 heteroatoms. The lowest BCUT2D eigenvalue weighted by Gasteiger charge is -2.25. The van der Waals surface area contributed by atoms with Gasteiger partial charge in [-0.3, -0.25) is 14.4 Å². The van der Waals surface area contributed by atoms with Gasteiger partial charge in [0.1, 0.15) is 0 Å². The van der Waals surface area contributed by atoms with E-state index in [1.165, 1.54) is 0 Å². The van der Waals surface area contributed by atoms with E-state index in [9.17, 15) is 14.4 Å². The Hall–Kier alpha value is -1.28. The molecular formula is C20H35ClN4O3S. The summed E-state index contributed by atoms with van der Waals surface area (Å²) < 4.78 is 0. The number of amidine groups is 1. The highest BCUT2D eigenvalue weighted by Gasteiger charge is 2.31. The van der Waals surface area contributed by atoms with Gasteiger partial charge >= 0.3 is 5.91 Å². The van der Waals surface area contributed by atoms with Crippen LogP contribution in [0.25, 0.3) is 0 Å². The fraction of sp³-hybridized carbons (Fsp3) is 0.800. The topological polar surface area (TPSA) is 90.9 Å². The lowest BCUT2D eigenvalue weighted by atomic mass is 9.88. The van der Waals surface area contributed by atoms with Crippen molar-refractivity contribution in [3.05, 3.63) is 0 Å². The minimum absolute atomic E-state index is 0. The van der Waals surface area contributed by atoms with E-state index in [0.29, 0.717) is 6.42 Å². The SMILES string of the molecule is CC(C)C[C@H](NC(=O)C1CCCCC1)C(=O)C(=O)NN=C1SCCN1C(C)C.Cl. The molecule has 0 bridgehead atoms. The zero-order chi connectivity index (χ0) is 20.7. The first-order valence-electron chi connectivity index (χ1n) is 10.4. The summed E-state index contributed by atoms with van der Waals surface area (Å²) in [5, 5.41) is 7.72. The van der Waals surface area contributed by atoms with E-state index in [0.717, 1.165) is 49.6 Å². The van der Waals surface area contributed by atoms with E-state index in [-0.39, 0.29) is 36.2 Å². The fourth-order valence-corrected chi connectivity index (χ4v) is 4.71. The van der Waals surface area contributed by atoms with Crippen molar-refractivity contribution in [3.63, 3.8) is 0 Å². The number of nitrogens with one attached hydrogen (secondary N) is 2. The van der Waals surface area contributed by atoms with Crippen molar-refractivity contribution in [1.29, 1.82) is 0 Å². The number of thioether (sulfide) groups is 1. The number of hydrazone groups is 1. The van der Waals surface area contributed by atoms with Crippen LogP contribution in [0, 0.1) is 11.8 Å². The van der Waals surface area contributed by atoms with E-state index in [1.807, 2.05) is 13.8 Å². The molecule has 166 valence electrons. The van der Waals surface area contributed by atoms with Gasteiger partial charge in [-0.25, -0.2) is 5.43 Å². The molecule has 0 aromatic carbocycles. The van der Waals surface area contributed by atoms with E-state index in [4.69, 9.17) is 0 Å². The van der Waals surface area contributed by atoms with Crippen LogP contribution in [0.15, 0.2) is 5.10 Å². The quantitative estimate of drug-likeness (QED) is 0.442. The highest BCUT2D eigenvalue weighted by atomic mass is 35.5. The van der Waals surface area contributed by atoms with Crippen LogP contribution >= 0.6 is 24.2 Å². The number of hydrogen-bond acceptors (Lipinski definition) is 5. The Morgan fingerprint density at radius 3 is 2.38 bits per heavy atom. The van der Waals surface area contributed by atoms with Gasteiger partial charge in [0.15, 0.2) is 5.17 Å². The summed E-state index contributed by atoms with van der Waals surface area (Å²) >= 11 is 1.56. The van der Waals surface area contributed by atoms with Gasteiger partial charge in [0.25, 0.3) is 0 Å². The Bertz CT molecular complexity index is 607. The van der Waals surface area contributed by atoms with Crippen molar-refractivity contribution in [1.82, 2.24) is 15.6 Å². The maximum atomic E-state index is 12.7. The van der Waals surface area contributed by atoms with Crippen LogP contribution in [0.1, 0.15) is 66.2 Å². The molecule has 1 atom stereocenters. The van der Waals surface area contributed by atoms with Crippen LogP contribution in [0.2, 0.25) is 0 Å². The number of carbonyl (C=O) groups is 3. The van der Waals surface area contributed by atoms with Crippen LogP contribution in [0.3, 0.4) is 0 Å². The fourth-order valence-electron chi connectivity index (χ4n) is 3.66. The molecule has 7 nitrogen and oxygen atoms in total. The zero-order valence-electron chi connectivity index (χ0n) is 17.9. The summed E-state index contributed by atoms with van der Waals surface area (Å²) in [6.07, 6.45) is 5.40. The molecule has 2 amide bonds. The molecule has 29 heavy (non-hydrogen) atoms. The number of amides is 2. The monoisotopic (exact) mass is 446 g/mol. The molecule has 0 unspecified atom stereocenters. The van der Waals surface area contributed by atoms with Crippen LogP contribution in [-0.2, 0) is 14.4 Å². The van der Waals surface area contributed by atoms with Crippen molar-refractivity contribution in [2.24, 2.45) is 16.9 Å². The molecule has 2 rings (SSSR count). The normalized spacial score (nSPS) is 19.9. The second-order valence-electron chi connectivity index (χ2n) is 8.36. The third-order valence-electron chi connectivity index (χ3n) is 5.23. The summed E-state index contributed by atoms with van der Waals surface area (Å²) in [5.74, 6) is -0.445. The molecule has 0 aromatic heterocycles. The van der Waals surface area contributed by atoms with E-state index in [1.54, 1.807) is 11.8 Å². The van der Waals surface area contributed by atoms with Gasteiger partial charge in [0.05, 0.1) is 6.04 Å². The van der Waals surface area contributed by atoms with Gasteiger partial charge in [-0.2, -0.15) is 0 Å². The average molecular weight is 447 g/mol. The Morgan fingerprint density at radius 2 is 1.79 bits per heavy atom. The number of carbonyl (C=O) groups excluding carboxylic acids is 3. The minimum Gasteiger partial charge on any atom is -0.347 e. The smallest absolute Gasteiger partial charge is 0.309 e. The Morgan fingerprint density at radius 1 is 1.14 bits per heavy atom. The Kier molecular flexibility index (Phi) is 11.0. The summed E-state index contributed by atoms with van der Waals surface area (Å²) in [6, 6.07) is -0.517. The Balaban J connectivity index is 0.00000420. The van der Waals surface area contributed by atoms with Crippen LogP contribution in [0.5, 0.6) is 0 Å². The molecule has 2 aliphatic rings. The molecule has 0 aromatic rings. The van der Waals surface area contributed by atoms with Crippen molar-refractivity contribution in [2.75, 3.05) is 12.3 Å². The number of nitrogens with zero attached hydrogens (tertiary/aromatic N) is 2. The highest BCUT2D eigenvalue weighted by molar-refractivity contribution is 8.14. The molecule has 1 aliphatic carbocycles. The summed E-state index contributed by atoms with van der Waals surface area (Å²) in [7, 11) is 0. The number of hydrogen-bond donors (Lipinski definition) is 2. The van der Waals surface area contributed by atoms with Gasteiger partial charge < -0.3 is 10.2 Å². The first-order valence-corrected chi connectivity index (χ1v) is 11.4. The average Bonchev–Trinajstić information content (AvgIpc) is 3.14. The predicted octanol–water partition coefficient (Wildman–Crippen LogP) is 2.93. The first-order chi connectivity index (χ1) is 13.3. The first kappa shape index (κ1) is 25.8. The summed E-state index contributed by atoms with van der Waals surface area (Å²) in [5.41, 5.74) is 2.40. The molecule has 1 saturated carbocycles. The van der Waals surface area contributed by atoms with Crippen LogP contribution in [0.4, 0.5) is 0 Å². The van der Waals surface area contributed by atoms with E-state index in [2.05, 4.69) is 34.6 Å². The zero-order valence-corrected chi connectivity index (χ0v) is 19.5. The lowest BCUT2D eigenvalue weighted by molar-refractivity contribution is -0.140. The number of rotatable bonds is 8. The van der Waals surface area contributed by atoms with Crippen molar-refractivity contribution in [3.8, 4) is 0 Å². The highest BCUT2D eigenvalue weighted by Crippen LogP contribution is 2.24. The third kappa shape index (κ3) is 7.81. The van der Waals surface area contributed by atoms with Gasteiger partial charge in [-0.15, -0.1) is 17.5 Å². The van der Waals surface area contributed by atoms with Crippen molar-refractivity contribution >= 4 is 46.9 Å². The molecule has 0 radical (unpaired) electrons.